The molecule has 0 unspecified atom stereocenters. The SMILES string of the molecule is CC(C)(C)c1nc(C2(O)CS(=O)C2)c2nnn(Cc3ccccc3Cl)c2n1. The number of halogens is 1. The first kappa shape index (κ1) is 18.5. The molecule has 1 aliphatic heterocycles. The molecule has 0 atom stereocenters. The van der Waals surface area contributed by atoms with Gasteiger partial charge in [0, 0.05) is 21.2 Å². The molecule has 1 aliphatic rings. The third-order valence-electron chi connectivity index (χ3n) is 4.55. The topological polar surface area (TPSA) is 93.8 Å². The van der Waals surface area contributed by atoms with Crippen molar-refractivity contribution in [3.05, 3.63) is 46.4 Å². The first-order chi connectivity index (χ1) is 12.7. The smallest absolute Gasteiger partial charge is 0.182 e. The number of aliphatic hydroxyl groups is 1. The third-order valence-corrected chi connectivity index (χ3v) is 6.52. The molecule has 0 amide bonds. The molecule has 1 aromatic carbocycles. The van der Waals surface area contributed by atoms with Gasteiger partial charge in [0.1, 0.15) is 17.1 Å². The molecule has 0 aliphatic carbocycles. The van der Waals surface area contributed by atoms with Crippen molar-refractivity contribution in [2.75, 3.05) is 11.5 Å². The Kier molecular flexibility index (Phi) is 4.32. The number of aromatic nitrogens is 5. The van der Waals surface area contributed by atoms with Gasteiger partial charge in [-0.1, -0.05) is 55.8 Å². The summed E-state index contributed by atoms with van der Waals surface area (Å²) in [6.45, 7) is 6.41. The summed E-state index contributed by atoms with van der Waals surface area (Å²) >= 11 is 6.28. The molecule has 3 heterocycles. The Bertz CT molecular complexity index is 1050. The van der Waals surface area contributed by atoms with Gasteiger partial charge in [0.15, 0.2) is 11.2 Å². The molecule has 2 aromatic heterocycles. The van der Waals surface area contributed by atoms with Crippen LogP contribution in [0, 0.1) is 0 Å². The van der Waals surface area contributed by atoms with Gasteiger partial charge in [-0.05, 0) is 11.6 Å². The lowest BCUT2D eigenvalue weighted by molar-refractivity contribution is 0.0692. The highest BCUT2D eigenvalue weighted by molar-refractivity contribution is 7.86. The monoisotopic (exact) mass is 405 g/mol. The lowest BCUT2D eigenvalue weighted by Crippen LogP contribution is -2.49. The average Bonchev–Trinajstić information content (AvgIpc) is 2.97. The minimum Gasteiger partial charge on any atom is -0.382 e. The number of rotatable bonds is 3. The van der Waals surface area contributed by atoms with Crippen LogP contribution in [0.3, 0.4) is 0 Å². The van der Waals surface area contributed by atoms with Crippen molar-refractivity contribution in [1.29, 1.82) is 0 Å². The summed E-state index contributed by atoms with van der Waals surface area (Å²) in [6, 6.07) is 7.53. The second-order valence-corrected chi connectivity index (χ2v) is 9.78. The van der Waals surface area contributed by atoms with E-state index >= 15 is 0 Å². The summed E-state index contributed by atoms with van der Waals surface area (Å²) in [6.07, 6.45) is 0. The highest BCUT2D eigenvalue weighted by Gasteiger charge is 2.46. The van der Waals surface area contributed by atoms with E-state index in [4.69, 9.17) is 11.6 Å². The predicted octanol–water partition coefficient (Wildman–Crippen LogP) is 2.17. The van der Waals surface area contributed by atoms with Gasteiger partial charge in [-0.25, -0.2) is 14.6 Å². The number of hydrogen-bond acceptors (Lipinski definition) is 6. The van der Waals surface area contributed by atoms with E-state index in [-0.39, 0.29) is 16.9 Å². The van der Waals surface area contributed by atoms with Gasteiger partial charge in [-0.15, -0.1) is 5.10 Å². The Balaban J connectivity index is 1.88. The van der Waals surface area contributed by atoms with Crippen LogP contribution in [0.25, 0.3) is 11.2 Å². The van der Waals surface area contributed by atoms with Crippen molar-refractivity contribution in [2.45, 2.75) is 38.3 Å². The van der Waals surface area contributed by atoms with Crippen LogP contribution in [0.2, 0.25) is 5.02 Å². The van der Waals surface area contributed by atoms with Gasteiger partial charge in [0.05, 0.1) is 18.1 Å². The average molecular weight is 406 g/mol. The van der Waals surface area contributed by atoms with Gasteiger partial charge in [0.2, 0.25) is 0 Å². The molecule has 4 rings (SSSR count). The van der Waals surface area contributed by atoms with E-state index in [1.807, 2.05) is 45.0 Å². The van der Waals surface area contributed by atoms with E-state index in [9.17, 15) is 9.32 Å². The Morgan fingerprint density at radius 3 is 2.59 bits per heavy atom. The molecule has 0 saturated carbocycles. The van der Waals surface area contributed by atoms with Crippen LogP contribution in [-0.4, -0.2) is 45.8 Å². The molecule has 27 heavy (non-hydrogen) atoms. The van der Waals surface area contributed by atoms with Crippen molar-refractivity contribution in [1.82, 2.24) is 25.0 Å². The van der Waals surface area contributed by atoms with Crippen LogP contribution >= 0.6 is 11.6 Å². The summed E-state index contributed by atoms with van der Waals surface area (Å²) in [5.41, 5.74) is 0.693. The summed E-state index contributed by atoms with van der Waals surface area (Å²) in [5, 5.41) is 20.0. The molecule has 1 fully saturated rings. The Labute approximate surface area is 164 Å². The maximum absolute atomic E-state index is 11.6. The minimum atomic E-state index is -1.25. The molecule has 142 valence electrons. The standard InChI is InChI=1S/C18H20ClN5O2S/c1-17(2,3)16-20-14(18(25)9-27(26)10-18)13-15(21-16)24(23-22-13)8-11-6-4-5-7-12(11)19/h4-7,25H,8-10H2,1-3H3. The molecule has 0 spiro atoms. The fourth-order valence-corrected chi connectivity index (χ4v) is 4.49. The molecular formula is C18H20ClN5O2S. The molecular weight excluding hydrogens is 386 g/mol. The molecule has 3 aromatic rings. The highest BCUT2D eigenvalue weighted by Crippen LogP contribution is 2.35. The maximum Gasteiger partial charge on any atom is 0.182 e. The van der Waals surface area contributed by atoms with Crippen LogP contribution in [0.1, 0.15) is 37.9 Å². The van der Waals surface area contributed by atoms with E-state index in [0.717, 1.165) is 5.56 Å². The molecule has 1 N–H and O–H groups in total. The fourth-order valence-electron chi connectivity index (χ4n) is 3.04. The third kappa shape index (κ3) is 3.26. The van der Waals surface area contributed by atoms with E-state index < -0.39 is 16.4 Å². The fraction of sp³-hybridized carbons (Fsp3) is 0.444. The van der Waals surface area contributed by atoms with E-state index in [2.05, 4.69) is 20.3 Å². The van der Waals surface area contributed by atoms with Crippen LogP contribution in [0.5, 0.6) is 0 Å². The minimum absolute atomic E-state index is 0.153. The second-order valence-electron chi connectivity index (χ2n) is 7.92. The van der Waals surface area contributed by atoms with Gasteiger partial charge in [-0.2, -0.15) is 0 Å². The van der Waals surface area contributed by atoms with Crippen LogP contribution in [0.15, 0.2) is 24.3 Å². The lowest BCUT2D eigenvalue weighted by atomic mass is 9.94. The molecule has 0 bridgehead atoms. The van der Waals surface area contributed by atoms with E-state index in [1.165, 1.54) is 0 Å². The summed E-state index contributed by atoms with van der Waals surface area (Å²) in [4.78, 5) is 9.28. The zero-order valence-electron chi connectivity index (χ0n) is 15.3. The van der Waals surface area contributed by atoms with Crippen molar-refractivity contribution in [3.63, 3.8) is 0 Å². The van der Waals surface area contributed by atoms with E-state index in [0.29, 0.717) is 34.2 Å². The van der Waals surface area contributed by atoms with E-state index in [1.54, 1.807) is 4.68 Å². The van der Waals surface area contributed by atoms with Gasteiger partial charge >= 0.3 is 0 Å². The maximum atomic E-state index is 11.6. The largest absolute Gasteiger partial charge is 0.382 e. The summed E-state index contributed by atoms with van der Waals surface area (Å²) in [5.74, 6) is 0.888. The van der Waals surface area contributed by atoms with Crippen LogP contribution in [0.4, 0.5) is 0 Å². The summed E-state index contributed by atoms with van der Waals surface area (Å²) in [7, 11) is -1.04. The number of fused-ring (bicyclic) bond motifs is 1. The molecule has 0 radical (unpaired) electrons. The molecule has 1 saturated heterocycles. The second kappa shape index (κ2) is 6.32. The van der Waals surface area contributed by atoms with Crippen molar-refractivity contribution in [3.8, 4) is 0 Å². The number of hydrogen-bond donors (Lipinski definition) is 1. The van der Waals surface area contributed by atoms with Gasteiger partial charge < -0.3 is 5.11 Å². The van der Waals surface area contributed by atoms with Gasteiger partial charge in [-0.3, -0.25) is 4.21 Å². The predicted molar refractivity (Wildman–Crippen MR) is 104 cm³/mol. The summed E-state index contributed by atoms with van der Waals surface area (Å²) < 4.78 is 13.3. The lowest BCUT2D eigenvalue weighted by Gasteiger charge is -2.35. The quantitative estimate of drug-likeness (QED) is 0.717. The zero-order valence-corrected chi connectivity index (χ0v) is 16.9. The van der Waals surface area contributed by atoms with Crippen LogP contribution in [-0.2, 0) is 28.4 Å². The Morgan fingerprint density at radius 2 is 1.96 bits per heavy atom. The van der Waals surface area contributed by atoms with Crippen molar-refractivity contribution < 1.29 is 9.32 Å². The first-order valence-corrected chi connectivity index (χ1v) is 10.5. The molecule has 9 heteroatoms. The molecule has 7 nitrogen and oxygen atoms in total. The van der Waals surface area contributed by atoms with Crippen molar-refractivity contribution >= 4 is 33.6 Å². The number of benzene rings is 1. The van der Waals surface area contributed by atoms with Crippen molar-refractivity contribution in [2.24, 2.45) is 0 Å². The van der Waals surface area contributed by atoms with Gasteiger partial charge in [0.25, 0.3) is 0 Å². The number of nitrogens with zero attached hydrogens (tertiary/aromatic N) is 5. The highest BCUT2D eigenvalue weighted by atomic mass is 35.5. The van der Waals surface area contributed by atoms with Crippen LogP contribution < -0.4 is 0 Å². The zero-order chi connectivity index (χ0) is 19.4. The Morgan fingerprint density at radius 1 is 1.26 bits per heavy atom. The first-order valence-electron chi connectivity index (χ1n) is 8.60. The normalized spacial score (nSPS) is 22.8. The Hall–Kier alpha value is -1.90.